The van der Waals surface area contributed by atoms with Crippen molar-refractivity contribution in [2.24, 2.45) is 0 Å². The smallest absolute Gasteiger partial charge is 0.229 e. The number of H-pyrrole nitrogens is 1. The number of ether oxygens (including phenoxy) is 2. The van der Waals surface area contributed by atoms with Gasteiger partial charge in [-0.05, 0) is 49.2 Å². The van der Waals surface area contributed by atoms with Crippen molar-refractivity contribution < 1.29 is 22.3 Å². The van der Waals surface area contributed by atoms with Crippen LogP contribution < -0.4 is 9.46 Å². The molecule has 5 rings (SSSR count). The molecule has 1 aliphatic rings. The molecule has 1 aliphatic heterocycles. The van der Waals surface area contributed by atoms with Crippen molar-refractivity contribution in [3.05, 3.63) is 48.5 Å². The number of methoxy groups -OCH3 is 1. The van der Waals surface area contributed by atoms with Gasteiger partial charge in [-0.3, -0.25) is 14.7 Å². The van der Waals surface area contributed by atoms with Crippen molar-refractivity contribution in [2.45, 2.75) is 32.6 Å². The Morgan fingerprint density at radius 1 is 1.14 bits per heavy atom. The summed E-state index contributed by atoms with van der Waals surface area (Å²) in [5.74, 6) is 1.70. The number of benzene rings is 2. The van der Waals surface area contributed by atoms with Crippen molar-refractivity contribution >= 4 is 26.6 Å². The average Bonchev–Trinajstić information content (AvgIpc) is 3.46. The van der Waals surface area contributed by atoms with Crippen LogP contribution >= 0.6 is 0 Å². The first-order valence-electron chi connectivity index (χ1n) is 11.6. The minimum Gasteiger partial charge on any atom is -0.495 e. The Kier molecular flexibility index (Phi) is 6.45. The SMILES string of the molecule is COc1ccc(-c2cc(-c3ncc(CN4C[C@@H](C)O[C@@H](C)C4)o3)c3cn[nH]c3c2)cc1NS(C)(=O)=O. The predicted molar refractivity (Wildman–Crippen MR) is 137 cm³/mol. The van der Waals surface area contributed by atoms with Crippen LogP contribution in [0.5, 0.6) is 5.75 Å². The van der Waals surface area contributed by atoms with Gasteiger partial charge in [-0.25, -0.2) is 13.4 Å². The van der Waals surface area contributed by atoms with E-state index >= 15 is 0 Å². The van der Waals surface area contributed by atoms with E-state index in [1.54, 1.807) is 24.5 Å². The number of aromatic amines is 1. The van der Waals surface area contributed by atoms with Gasteiger partial charge in [-0.2, -0.15) is 5.10 Å². The molecular weight excluding hydrogens is 482 g/mol. The van der Waals surface area contributed by atoms with Gasteiger partial charge in [-0.15, -0.1) is 0 Å². The quantitative estimate of drug-likeness (QED) is 0.383. The summed E-state index contributed by atoms with van der Waals surface area (Å²) in [5, 5.41) is 8.10. The van der Waals surface area contributed by atoms with Crippen molar-refractivity contribution in [1.82, 2.24) is 20.1 Å². The van der Waals surface area contributed by atoms with Gasteiger partial charge in [0.25, 0.3) is 0 Å². The van der Waals surface area contributed by atoms with Crippen LogP contribution in [-0.2, 0) is 21.3 Å². The number of aromatic nitrogens is 3. The molecule has 2 aromatic heterocycles. The fourth-order valence-electron chi connectivity index (χ4n) is 4.70. The molecule has 2 N–H and O–H groups in total. The summed E-state index contributed by atoms with van der Waals surface area (Å²) in [5.41, 5.74) is 3.60. The molecule has 3 heterocycles. The largest absolute Gasteiger partial charge is 0.495 e. The molecule has 4 aromatic rings. The van der Waals surface area contributed by atoms with Gasteiger partial charge in [0, 0.05) is 24.0 Å². The van der Waals surface area contributed by atoms with Crippen LogP contribution in [-0.4, -0.2) is 67.2 Å². The average molecular weight is 512 g/mol. The number of fused-ring (bicyclic) bond motifs is 1. The van der Waals surface area contributed by atoms with Gasteiger partial charge >= 0.3 is 0 Å². The highest BCUT2D eigenvalue weighted by Crippen LogP contribution is 2.36. The van der Waals surface area contributed by atoms with E-state index in [1.165, 1.54) is 7.11 Å². The maximum atomic E-state index is 11.9. The first-order chi connectivity index (χ1) is 17.2. The van der Waals surface area contributed by atoms with Gasteiger partial charge in [0.15, 0.2) is 0 Å². The van der Waals surface area contributed by atoms with E-state index in [2.05, 4.69) is 38.7 Å². The van der Waals surface area contributed by atoms with Crippen LogP contribution in [0, 0.1) is 0 Å². The Balaban J connectivity index is 1.50. The first kappa shape index (κ1) is 24.3. The number of hydrogen-bond donors (Lipinski definition) is 2. The Hall–Kier alpha value is -3.41. The van der Waals surface area contributed by atoms with E-state index in [4.69, 9.17) is 13.9 Å². The predicted octanol–water partition coefficient (Wildman–Crippen LogP) is 3.87. The molecule has 36 heavy (non-hydrogen) atoms. The summed E-state index contributed by atoms with van der Waals surface area (Å²) in [4.78, 5) is 6.88. The van der Waals surface area contributed by atoms with E-state index in [0.717, 1.165) is 52.7 Å². The molecule has 190 valence electrons. The van der Waals surface area contributed by atoms with Crippen LogP contribution in [0.1, 0.15) is 19.6 Å². The number of oxazole rings is 1. The second-order valence-electron chi connectivity index (χ2n) is 9.23. The summed E-state index contributed by atoms with van der Waals surface area (Å²) in [6, 6.07) is 9.27. The molecule has 0 bridgehead atoms. The molecular formula is C25H29N5O5S. The van der Waals surface area contributed by atoms with Gasteiger partial charge < -0.3 is 13.9 Å². The van der Waals surface area contributed by atoms with E-state index < -0.39 is 10.0 Å². The second kappa shape index (κ2) is 9.57. The lowest BCUT2D eigenvalue weighted by molar-refractivity contribution is -0.0718. The molecule has 2 atom stereocenters. The number of anilines is 1. The lowest BCUT2D eigenvalue weighted by Crippen LogP contribution is -2.44. The number of sulfonamides is 1. The van der Waals surface area contributed by atoms with Gasteiger partial charge in [0.2, 0.25) is 15.9 Å². The van der Waals surface area contributed by atoms with Crippen LogP contribution in [0.3, 0.4) is 0 Å². The Morgan fingerprint density at radius 2 is 1.92 bits per heavy atom. The van der Waals surface area contributed by atoms with Crippen LogP contribution in [0.15, 0.2) is 47.1 Å². The van der Waals surface area contributed by atoms with E-state index in [1.807, 2.05) is 18.2 Å². The highest BCUT2D eigenvalue weighted by atomic mass is 32.2. The van der Waals surface area contributed by atoms with Crippen molar-refractivity contribution in [2.75, 3.05) is 31.2 Å². The summed E-state index contributed by atoms with van der Waals surface area (Å²) in [6.07, 6.45) is 4.95. The van der Waals surface area contributed by atoms with Crippen molar-refractivity contribution in [1.29, 1.82) is 0 Å². The van der Waals surface area contributed by atoms with Gasteiger partial charge in [0.05, 0.1) is 55.7 Å². The molecule has 2 aromatic carbocycles. The molecule has 11 heteroatoms. The zero-order valence-electron chi connectivity index (χ0n) is 20.6. The molecule has 0 saturated carbocycles. The molecule has 1 saturated heterocycles. The summed E-state index contributed by atoms with van der Waals surface area (Å²) < 4.78 is 43.6. The topological polar surface area (TPSA) is 123 Å². The van der Waals surface area contributed by atoms with Crippen molar-refractivity contribution in [3.8, 4) is 28.3 Å². The fourth-order valence-corrected chi connectivity index (χ4v) is 5.26. The maximum absolute atomic E-state index is 11.9. The molecule has 0 amide bonds. The van der Waals surface area contributed by atoms with E-state index in [0.29, 0.717) is 23.9 Å². The lowest BCUT2D eigenvalue weighted by Gasteiger charge is -2.34. The first-order valence-corrected chi connectivity index (χ1v) is 13.5. The number of hydrogen-bond acceptors (Lipinski definition) is 8. The number of morpholine rings is 1. The van der Waals surface area contributed by atoms with E-state index in [-0.39, 0.29) is 12.2 Å². The normalized spacial score (nSPS) is 19.0. The molecule has 0 unspecified atom stereocenters. The molecule has 1 fully saturated rings. The highest BCUT2D eigenvalue weighted by Gasteiger charge is 2.24. The molecule has 0 radical (unpaired) electrons. The molecule has 0 aliphatic carbocycles. The number of rotatable bonds is 7. The zero-order valence-corrected chi connectivity index (χ0v) is 21.4. The fraction of sp³-hybridized carbons (Fsp3) is 0.360. The zero-order chi connectivity index (χ0) is 25.4. The Bertz CT molecular complexity index is 1490. The van der Waals surface area contributed by atoms with Crippen LogP contribution in [0.4, 0.5) is 5.69 Å². The second-order valence-corrected chi connectivity index (χ2v) is 11.0. The third-order valence-electron chi connectivity index (χ3n) is 6.05. The van der Waals surface area contributed by atoms with Gasteiger partial charge in [-0.1, -0.05) is 6.07 Å². The molecule has 0 spiro atoms. The molecule has 10 nitrogen and oxygen atoms in total. The van der Waals surface area contributed by atoms with Crippen LogP contribution in [0.25, 0.3) is 33.5 Å². The summed E-state index contributed by atoms with van der Waals surface area (Å²) in [7, 11) is -1.99. The third-order valence-corrected chi connectivity index (χ3v) is 6.64. The minimum atomic E-state index is -3.49. The minimum absolute atomic E-state index is 0.171. The summed E-state index contributed by atoms with van der Waals surface area (Å²) >= 11 is 0. The Morgan fingerprint density at radius 3 is 2.64 bits per heavy atom. The maximum Gasteiger partial charge on any atom is 0.229 e. The number of nitrogens with one attached hydrogen (secondary N) is 2. The van der Waals surface area contributed by atoms with Crippen LogP contribution in [0.2, 0.25) is 0 Å². The lowest BCUT2D eigenvalue weighted by atomic mass is 9.99. The summed E-state index contributed by atoms with van der Waals surface area (Å²) in [6.45, 7) is 6.47. The standard InChI is InChI=1S/C25H29N5O5S/c1-15-12-30(13-16(2)34-15)14-19-10-26-25(35-19)20-7-18(9-22-21(20)11-27-28-22)17-5-6-24(33-3)23(8-17)29-36(4,31)32/h5-11,15-16,29H,12-14H2,1-4H3,(H,27,28)/t15-,16+. The monoisotopic (exact) mass is 511 g/mol. The van der Waals surface area contributed by atoms with Crippen molar-refractivity contribution in [3.63, 3.8) is 0 Å². The third kappa shape index (κ3) is 5.23. The highest BCUT2D eigenvalue weighted by molar-refractivity contribution is 7.92. The van der Waals surface area contributed by atoms with E-state index in [9.17, 15) is 8.42 Å². The number of nitrogens with zero attached hydrogens (tertiary/aromatic N) is 3. The van der Waals surface area contributed by atoms with Gasteiger partial charge in [0.1, 0.15) is 11.5 Å². The Labute approximate surface area is 209 Å².